The number of aliphatic carboxylic acids is 1. The normalized spacial score (nSPS) is 11.8. The SMILES string of the molecule is Cc1csc(Sc2ccc(C(=O)N(C)CC(C)C(=O)O)cc2[N+](=O)[O-])n1. The van der Waals surface area contributed by atoms with E-state index in [1.54, 1.807) is 0 Å². The summed E-state index contributed by atoms with van der Waals surface area (Å²) in [6.07, 6.45) is 0. The van der Waals surface area contributed by atoms with Gasteiger partial charge in [-0.05, 0) is 19.1 Å². The number of benzene rings is 1. The van der Waals surface area contributed by atoms with E-state index in [-0.39, 0.29) is 17.8 Å². The minimum absolute atomic E-state index is 0.0108. The second kappa shape index (κ2) is 8.28. The highest BCUT2D eigenvalue weighted by Crippen LogP contribution is 2.36. The molecule has 1 heterocycles. The maximum absolute atomic E-state index is 12.4. The van der Waals surface area contributed by atoms with Gasteiger partial charge >= 0.3 is 5.97 Å². The third-order valence-corrected chi connectivity index (χ3v) is 5.64. The van der Waals surface area contributed by atoms with Crippen molar-refractivity contribution < 1.29 is 19.6 Å². The topological polar surface area (TPSA) is 114 Å². The molecule has 26 heavy (non-hydrogen) atoms. The highest BCUT2D eigenvalue weighted by Gasteiger charge is 2.23. The van der Waals surface area contributed by atoms with Crippen LogP contribution in [0.15, 0.2) is 32.8 Å². The number of hydrogen-bond acceptors (Lipinski definition) is 7. The van der Waals surface area contributed by atoms with E-state index in [4.69, 9.17) is 5.11 Å². The molecule has 0 saturated carbocycles. The highest BCUT2D eigenvalue weighted by molar-refractivity contribution is 8.01. The lowest BCUT2D eigenvalue weighted by Crippen LogP contribution is -2.33. The number of thiazole rings is 1. The second-order valence-electron chi connectivity index (χ2n) is 5.72. The van der Waals surface area contributed by atoms with Crippen LogP contribution in [0.4, 0.5) is 5.69 Å². The van der Waals surface area contributed by atoms with Gasteiger partial charge in [-0.2, -0.15) is 0 Å². The van der Waals surface area contributed by atoms with E-state index in [2.05, 4.69) is 4.98 Å². The molecule has 0 aliphatic carbocycles. The number of aryl methyl sites for hydroxylation is 1. The lowest BCUT2D eigenvalue weighted by molar-refractivity contribution is -0.387. The van der Waals surface area contributed by atoms with Gasteiger partial charge in [-0.15, -0.1) is 11.3 Å². The Morgan fingerprint density at radius 1 is 1.46 bits per heavy atom. The largest absolute Gasteiger partial charge is 0.481 e. The van der Waals surface area contributed by atoms with Crippen LogP contribution in [0.3, 0.4) is 0 Å². The molecule has 0 bridgehead atoms. The molecule has 0 fully saturated rings. The van der Waals surface area contributed by atoms with Gasteiger partial charge in [0.15, 0.2) is 4.34 Å². The quantitative estimate of drug-likeness (QED) is 0.565. The molecule has 2 aromatic rings. The van der Waals surface area contributed by atoms with Crippen molar-refractivity contribution in [3.8, 4) is 0 Å². The summed E-state index contributed by atoms with van der Waals surface area (Å²) in [5.41, 5.74) is 0.783. The molecule has 10 heteroatoms. The highest BCUT2D eigenvalue weighted by atomic mass is 32.2. The molecule has 1 N–H and O–H groups in total. The molecule has 1 unspecified atom stereocenters. The fraction of sp³-hybridized carbons (Fsp3) is 0.312. The van der Waals surface area contributed by atoms with Crippen LogP contribution >= 0.6 is 23.1 Å². The number of amides is 1. The number of aromatic nitrogens is 1. The standard InChI is InChI=1S/C16H17N3O5S2/c1-9(15(21)22)7-18(3)14(20)11-4-5-13(12(6-11)19(23)24)26-16-17-10(2)8-25-16/h4-6,8-9H,7H2,1-3H3,(H,21,22). The first-order valence-corrected chi connectivity index (χ1v) is 9.25. The minimum Gasteiger partial charge on any atom is -0.481 e. The van der Waals surface area contributed by atoms with Crippen LogP contribution in [0, 0.1) is 23.0 Å². The van der Waals surface area contributed by atoms with Crippen molar-refractivity contribution in [1.82, 2.24) is 9.88 Å². The molecule has 1 atom stereocenters. The van der Waals surface area contributed by atoms with Crippen molar-refractivity contribution in [3.63, 3.8) is 0 Å². The van der Waals surface area contributed by atoms with E-state index in [1.807, 2.05) is 12.3 Å². The Hall–Kier alpha value is -2.46. The molecule has 1 amide bonds. The molecule has 0 aliphatic heterocycles. The molecule has 138 valence electrons. The Balaban J connectivity index is 2.25. The first-order valence-electron chi connectivity index (χ1n) is 7.55. The number of hydrogen-bond donors (Lipinski definition) is 1. The van der Waals surface area contributed by atoms with Gasteiger partial charge in [-0.3, -0.25) is 19.7 Å². The number of carbonyl (C=O) groups excluding carboxylic acids is 1. The van der Waals surface area contributed by atoms with Crippen LogP contribution in [0.25, 0.3) is 0 Å². The van der Waals surface area contributed by atoms with Crippen molar-refractivity contribution in [1.29, 1.82) is 0 Å². The zero-order valence-corrected chi connectivity index (χ0v) is 16.0. The monoisotopic (exact) mass is 395 g/mol. The third kappa shape index (κ3) is 4.79. The lowest BCUT2D eigenvalue weighted by Gasteiger charge is -2.19. The van der Waals surface area contributed by atoms with Crippen LogP contribution in [-0.4, -0.2) is 45.4 Å². The molecule has 1 aromatic heterocycles. The van der Waals surface area contributed by atoms with Crippen molar-refractivity contribution in [2.75, 3.05) is 13.6 Å². The third-order valence-electron chi connectivity index (χ3n) is 3.51. The van der Waals surface area contributed by atoms with E-state index in [1.165, 1.54) is 60.2 Å². The average Bonchev–Trinajstić information content (AvgIpc) is 2.99. The van der Waals surface area contributed by atoms with E-state index in [9.17, 15) is 19.7 Å². The number of carbonyl (C=O) groups is 2. The summed E-state index contributed by atoms with van der Waals surface area (Å²) in [5.74, 6) is -2.22. The Morgan fingerprint density at radius 3 is 2.69 bits per heavy atom. The van der Waals surface area contributed by atoms with Crippen LogP contribution in [-0.2, 0) is 4.79 Å². The van der Waals surface area contributed by atoms with Gasteiger partial charge in [-0.25, -0.2) is 4.98 Å². The predicted molar refractivity (Wildman–Crippen MR) is 97.8 cm³/mol. The van der Waals surface area contributed by atoms with E-state index in [0.717, 1.165) is 5.69 Å². The predicted octanol–water partition coefficient (Wildman–Crippen LogP) is 3.30. The molecule has 0 aliphatic rings. The van der Waals surface area contributed by atoms with E-state index in [0.29, 0.717) is 9.24 Å². The number of nitro groups is 1. The zero-order chi connectivity index (χ0) is 19.4. The maximum Gasteiger partial charge on any atom is 0.308 e. The van der Waals surface area contributed by atoms with Crippen LogP contribution in [0.2, 0.25) is 0 Å². The second-order valence-corrected chi connectivity index (χ2v) is 7.87. The number of nitrogens with zero attached hydrogens (tertiary/aromatic N) is 3. The Kier molecular flexibility index (Phi) is 6.32. The molecule has 0 radical (unpaired) electrons. The van der Waals surface area contributed by atoms with Gasteiger partial charge in [-0.1, -0.05) is 18.7 Å². The summed E-state index contributed by atoms with van der Waals surface area (Å²) in [4.78, 5) is 40.1. The molecule has 0 spiro atoms. The Bertz CT molecular complexity index is 852. The van der Waals surface area contributed by atoms with Crippen molar-refractivity contribution in [2.24, 2.45) is 5.92 Å². The van der Waals surface area contributed by atoms with Crippen molar-refractivity contribution in [2.45, 2.75) is 23.1 Å². The van der Waals surface area contributed by atoms with E-state index >= 15 is 0 Å². The molecule has 8 nitrogen and oxygen atoms in total. The first kappa shape index (κ1) is 19.9. The number of carboxylic acids is 1. The summed E-state index contributed by atoms with van der Waals surface area (Å²) in [7, 11) is 1.47. The Morgan fingerprint density at radius 2 is 2.15 bits per heavy atom. The first-order chi connectivity index (χ1) is 12.2. The summed E-state index contributed by atoms with van der Waals surface area (Å²) >= 11 is 2.56. The molecule has 1 aromatic carbocycles. The van der Waals surface area contributed by atoms with Crippen molar-refractivity contribution >= 4 is 40.7 Å². The van der Waals surface area contributed by atoms with Gasteiger partial charge in [0.1, 0.15) is 0 Å². The summed E-state index contributed by atoms with van der Waals surface area (Å²) in [6, 6.07) is 4.23. The smallest absolute Gasteiger partial charge is 0.308 e. The number of carboxylic acid groups (broad SMARTS) is 1. The van der Waals surface area contributed by atoms with Gasteiger partial charge < -0.3 is 10.0 Å². The van der Waals surface area contributed by atoms with Gasteiger partial charge in [0.25, 0.3) is 11.6 Å². The molecular formula is C16H17N3O5S2. The fourth-order valence-corrected chi connectivity index (χ4v) is 4.02. The maximum atomic E-state index is 12.4. The summed E-state index contributed by atoms with van der Waals surface area (Å²) in [5, 5.41) is 22.2. The average molecular weight is 395 g/mol. The fourth-order valence-electron chi connectivity index (χ4n) is 2.14. The summed E-state index contributed by atoms with van der Waals surface area (Å²) < 4.78 is 0.678. The zero-order valence-electron chi connectivity index (χ0n) is 14.3. The summed E-state index contributed by atoms with van der Waals surface area (Å²) in [6.45, 7) is 3.34. The minimum atomic E-state index is -1.01. The van der Waals surface area contributed by atoms with Crippen LogP contribution < -0.4 is 0 Å². The van der Waals surface area contributed by atoms with Crippen LogP contribution in [0.5, 0.6) is 0 Å². The van der Waals surface area contributed by atoms with Gasteiger partial charge in [0.05, 0.1) is 15.7 Å². The van der Waals surface area contributed by atoms with Crippen molar-refractivity contribution in [3.05, 3.63) is 45.0 Å². The number of nitro benzene ring substituents is 1. The van der Waals surface area contributed by atoms with Gasteiger partial charge in [0, 0.05) is 36.3 Å². The van der Waals surface area contributed by atoms with E-state index < -0.39 is 22.7 Å². The molecular weight excluding hydrogens is 378 g/mol. The lowest BCUT2D eigenvalue weighted by atomic mass is 10.1. The van der Waals surface area contributed by atoms with Gasteiger partial charge in [0.2, 0.25) is 0 Å². The molecule has 2 rings (SSSR count). The Labute approximate surface area is 158 Å². The number of rotatable bonds is 7. The molecule has 0 saturated heterocycles. The van der Waals surface area contributed by atoms with Crippen LogP contribution in [0.1, 0.15) is 23.0 Å².